The van der Waals surface area contributed by atoms with E-state index >= 15 is 0 Å². The van der Waals surface area contributed by atoms with Gasteiger partial charge in [-0.15, -0.1) is 11.3 Å². The Morgan fingerprint density at radius 3 is 2.30 bits per heavy atom. The van der Waals surface area contributed by atoms with Crippen LogP contribution in [0, 0.1) is 5.82 Å². The minimum Gasteiger partial charge on any atom is -0.611 e. The van der Waals surface area contributed by atoms with Crippen LogP contribution < -0.4 is 4.90 Å². The quantitative estimate of drug-likeness (QED) is 0.334. The van der Waals surface area contributed by atoms with E-state index in [2.05, 4.69) is 0 Å². The van der Waals surface area contributed by atoms with Crippen molar-refractivity contribution in [1.29, 1.82) is 0 Å². The largest absolute Gasteiger partial charge is 0.611 e. The van der Waals surface area contributed by atoms with E-state index in [1.54, 1.807) is 16.3 Å². The van der Waals surface area contributed by atoms with Crippen molar-refractivity contribution in [2.45, 2.75) is 33.8 Å². The monoisotopic (exact) mass is 576 g/mol. The summed E-state index contributed by atoms with van der Waals surface area (Å²) in [5.74, 6) is -0.479. The Balaban J connectivity index is 1.62. The second kappa shape index (κ2) is 10.5. The van der Waals surface area contributed by atoms with E-state index in [9.17, 15) is 35.6 Å². The van der Waals surface area contributed by atoms with Crippen molar-refractivity contribution in [1.82, 2.24) is 4.31 Å². The van der Waals surface area contributed by atoms with Gasteiger partial charge in [-0.25, -0.2) is 12.8 Å². The zero-order valence-electron chi connectivity index (χ0n) is 19.6. The molecule has 0 bridgehead atoms. The zero-order valence-corrected chi connectivity index (χ0v) is 22.0. The third kappa shape index (κ3) is 5.81. The number of aliphatic hydroxyl groups is 1. The number of anilines is 1. The van der Waals surface area contributed by atoms with Gasteiger partial charge in [-0.1, -0.05) is 18.2 Å². The van der Waals surface area contributed by atoms with Gasteiger partial charge in [0.15, 0.2) is 10.5 Å². The van der Waals surface area contributed by atoms with Crippen LogP contribution in [-0.4, -0.2) is 60.0 Å². The first-order chi connectivity index (χ1) is 17.3. The fourth-order valence-electron chi connectivity index (χ4n) is 4.06. The van der Waals surface area contributed by atoms with Gasteiger partial charge in [-0.3, -0.25) is 0 Å². The Morgan fingerprint density at radius 2 is 1.73 bits per heavy atom. The summed E-state index contributed by atoms with van der Waals surface area (Å²) >= 11 is -0.523. The van der Waals surface area contributed by atoms with Crippen LogP contribution in [0.3, 0.4) is 0 Å². The molecule has 1 aliphatic heterocycles. The third-order valence-corrected chi connectivity index (χ3v) is 11.0. The molecule has 1 aliphatic rings. The summed E-state index contributed by atoms with van der Waals surface area (Å²) in [4.78, 5) is 2.17. The topological polar surface area (TPSA) is 83.9 Å². The molecule has 1 aromatic heterocycles. The van der Waals surface area contributed by atoms with E-state index in [1.807, 2.05) is 0 Å². The van der Waals surface area contributed by atoms with Crippen LogP contribution in [0.25, 0.3) is 0 Å². The first-order valence-corrected chi connectivity index (χ1v) is 14.8. The molecule has 13 heteroatoms. The molecular formula is C24H24F4N2O4S3. The van der Waals surface area contributed by atoms with Crippen LogP contribution in [0.5, 0.6) is 0 Å². The molecule has 0 aliphatic carbocycles. The Hall–Kier alpha value is -2.16. The first-order valence-electron chi connectivity index (χ1n) is 11.1. The molecule has 4 rings (SSSR count). The molecule has 1 N–H and O–H groups in total. The molecule has 37 heavy (non-hydrogen) atoms. The zero-order chi connectivity index (χ0) is 27.0. The van der Waals surface area contributed by atoms with Gasteiger partial charge in [0.05, 0.1) is 6.04 Å². The Kier molecular flexibility index (Phi) is 7.94. The lowest BCUT2D eigenvalue weighted by Crippen LogP contribution is -2.57. The highest BCUT2D eigenvalue weighted by Gasteiger charge is 2.51. The number of halogens is 4. The minimum atomic E-state index is -4.87. The molecule has 2 aromatic carbocycles. The molecule has 0 radical (unpaired) electrons. The van der Waals surface area contributed by atoms with Crippen LogP contribution >= 0.6 is 11.3 Å². The van der Waals surface area contributed by atoms with Gasteiger partial charge in [0, 0.05) is 25.3 Å². The lowest BCUT2D eigenvalue weighted by atomic mass is 9.95. The van der Waals surface area contributed by atoms with Gasteiger partial charge < -0.3 is 14.6 Å². The van der Waals surface area contributed by atoms with Gasteiger partial charge in [0.25, 0.3) is 10.0 Å². The molecular weight excluding hydrogens is 552 g/mol. The van der Waals surface area contributed by atoms with E-state index in [0.717, 1.165) is 11.3 Å². The molecule has 6 nitrogen and oxygen atoms in total. The second-order valence-electron chi connectivity index (χ2n) is 8.73. The Labute approximate surface area is 219 Å². The van der Waals surface area contributed by atoms with E-state index in [0.29, 0.717) is 17.5 Å². The Bertz CT molecular complexity index is 1300. The summed E-state index contributed by atoms with van der Waals surface area (Å²) < 4.78 is 94.0. The summed E-state index contributed by atoms with van der Waals surface area (Å²) in [6, 6.07) is 12.9. The first kappa shape index (κ1) is 27.9. The number of hydrogen-bond donors (Lipinski definition) is 1. The van der Waals surface area contributed by atoms with Gasteiger partial charge >= 0.3 is 6.18 Å². The number of hydrogen-bond acceptors (Lipinski definition) is 6. The van der Waals surface area contributed by atoms with Crippen LogP contribution in [0.4, 0.5) is 23.2 Å². The summed E-state index contributed by atoms with van der Waals surface area (Å²) in [7, 11) is -3.79. The molecule has 1 saturated heterocycles. The fourth-order valence-corrected chi connectivity index (χ4v) is 7.94. The number of rotatable bonds is 7. The fraction of sp³-hybridized carbons (Fsp3) is 0.333. The lowest BCUT2D eigenvalue weighted by molar-refractivity contribution is -0.258. The standard InChI is InChI=1S/C24H24F4N2O4S3/c1-23(31,24(26,27)28)17-4-8-19(9-5-17)30-13-12-29(37(33,34)22-3-2-14-35-22)15-20(30)16-36(32)21-10-6-18(25)7-11-21/h2-11,14,20,31H,12-13,15-16H2,1H3/t20-,23?,36+/m1/s1. The minimum absolute atomic E-state index is 0.00408. The van der Waals surface area contributed by atoms with Crippen molar-refractivity contribution in [3.63, 3.8) is 0 Å². The third-order valence-electron chi connectivity index (χ3n) is 6.27. The highest BCUT2D eigenvalue weighted by atomic mass is 32.2. The van der Waals surface area contributed by atoms with Gasteiger partial charge in [0.2, 0.25) is 0 Å². The molecule has 3 aromatic rings. The highest BCUT2D eigenvalue weighted by molar-refractivity contribution is 7.91. The van der Waals surface area contributed by atoms with Crippen molar-refractivity contribution in [3.8, 4) is 0 Å². The molecule has 3 atom stereocenters. The van der Waals surface area contributed by atoms with Crippen LogP contribution in [0.15, 0.2) is 75.1 Å². The average Bonchev–Trinajstić information content (AvgIpc) is 3.40. The van der Waals surface area contributed by atoms with E-state index in [1.165, 1.54) is 58.9 Å². The normalized spacial score (nSPS) is 20.0. The van der Waals surface area contributed by atoms with Crippen molar-refractivity contribution >= 4 is 38.2 Å². The van der Waals surface area contributed by atoms with Crippen LogP contribution in [0.1, 0.15) is 12.5 Å². The maximum Gasteiger partial charge on any atom is 0.421 e. The van der Waals surface area contributed by atoms with Crippen molar-refractivity contribution in [2.75, 3.05) is 30.3 Å². The van der Waals surface area contributed by atoms with Gasteiger partial charge in [-0.2, -0.15) is 17.5 Å². The molecule has 0 saturated carbocycles. The number of thiophene rings is 1. The summed E-state index contributed by atoms with van der Waals surface area (Å²) in [5.41, 5.74) is -2.88. The predicted molar refractivity (Wildman–Crippen MR) is 134 cm³/mol. The van der Waals surface area contributed by atoms with E-state index in [4.69, 9.17) is 0 Å². The molecule has 1 unspecified atom stereocenters. The number of piperazine rings is 1. The van der Waals surface area contributed by atoms with Crippen LogP contribution in [-0.2, 0) is 26.8 Å². The van der Waals surface area contributed by atoms with Crippen LogP contribution in [0.2, 0.25) is 0 Å². The smallest absolute Gasteiger partial charge is 0.421 e. The Morgan fingerprint density at radius 1 is 1.08 bits per heavy atom. The van der Waals surface area contributed by atoms with Crippen molar-refractivity contribution in [2.24, 2.45) is 0 Å². The molecule has 0 spiro atoms. The molecule has 2 heterocycles. The maximum absolute atomic E-state index is 13.3. The van der Waals surface area contributed by atoms with Crippen molar-refractivity contribution in [3.05, 3.63) is 77.4 Å². The average molecular weight is 577 g/mol. The lowest BCUT2D eigenvalue weighted by Gasteiger charge is -2.41. The highest BCUT2D eigenvalue weighted by Crippen LogP contribution is 2.39. The summed E-state index contributed by atoms with van der Waals surface area (Å²) in [5, 5.41) is 11.6. The van der Waals surface area contributed by atoms with Crippen molar-refractivity contribution < 1.29 is 35.6 Å². The summed E-state index contributed by atoms with van der Waals surface area (Å²) in [6.07, 6.45) is -4.87. The molecule has 200 valence electrons. The molecule has 1 fully saturated rings. The van der Waals surface area contributed by atoms with E-state index < -0.39 is 44.8 Å². The van der Waals surface area contributed by atoms with E-state index in [-0.39, 0.29) is 35.2 Å². The number of benzene rings is 2. The predicted octanol–water partition coefficient (Wildman–Crippen LogP) is 4.34. The maximum atomic E-state index is 13.3. The number of sulfonamides is 1. The van der Waals surface area contributed by atoms with Gasteiger partial charge in [0.1, 0.15) is 15.8 Å². The summed E-state index contributed by atoms with van der Waals surface area (Å²) in [6.45, 7) is 0.979. The number of alkyl halides is 3. The van der Waals surface area contributed by atoms with Gasteiger partial charge in [-0.05, 0) is 71.5 Å². The second-order valence-corrected chi connectivity index (χ2v) is 13.3. The number of nitrogens with zero attached hydrogens (tertiary/aromatic N) is 2. The SMILES string of the molecule is CC(O)(c1ccc(N2CCN(S(=O)(=O)c3cccs3)C[C@@H]2C[S@+]([O-])c2ccc(F)cc2)cc1)C(F)(F)F. The molecule has 0 amide bonds.